The molecule has 0 amide bonds. The van der Waals surface area contributed by atoms with Gasteiger partial charge in [-0.2, -0.15) is 0 Å². The molecule has 3 atom stereocenters. The Kier molecular flexibility index (Phi) is 6.62. The molecule has 19 heavy (non-hydrogen) atoms. The molecule has 1 saturated heterocycles. The highest BCUT2D eigenvalue weighted by Gasteiger charge is 2.26. The summed E-state index contributed by atoms with van der Waals surface area (Å²) >= 11 is 0. The number of hydrogen-bond acceptors (Lipinski definition) is 3. The largest absolute Gasteiger partial charge is 0.377 e. The molecule has 0 spiro atoms. The molecule has 0 aromatic heterocycles. The summed E-state index contributed by atoms with van der Waals surface area (Å²) in [5.41, 5.74) is 6.35. The van der Waals surface area contributed by atoms with E-state index in [1.165, 1.54) is 58.0 Å². The summed E-state index contributed by atoms with van der Waals surface area (Å²) in [6.45, 7) is 6.68. The Labute approximate surface area is 118 Å². The van der Waals surface area contributed by atoms with Crippen LogP contribution in [0.15, 0.2) is 0 Å². The molecule has 0 bridgehead atoms. The van der Waals surface area contributed by atoms with Crippen molar-refractivity contribution in [3.63, 3.8) is 0 Å². The highest BCUT2D eigenvalue weighted by atomic mass is 16.5. The predicted octanol–water partition coefficient (Wildman–Crippen LogP) is 2.79. The second-order valence-corrected chi connectivity index (χ2v) is 6.46. The maximum Gasteiger partial charge on any atom is 0.0702 e. The number of ether oxygens (including phenoxy) is 1. The number of piperidine rings is 1. The summed E-state index contributed by atoms with van der Waals surface area (Å²) in [6.07, 6.45) is 10.8. The first-order valence-corrected chi connectivity index (χ1v) is 8.39. The smallest absolute Gasteiger partial charge is 0.0702 e. The first kappa shape index (κ1) is 15.3. The highest BCUT2D eigenvalue weighted by Crippen LogP contribution is 2.24. The molecule has 1 saturated carbocycles. The van der Waals surface area contributed by atoms with E-state index < -0.39 is 0 Å². The zero-order valence-corrected chi connectivity index (χ0v) is 12.7. The molecule has 0 radical (unpaired) electrons. The number of rotatable bonds is 5. The van der Waals surface area contributed by atoms with Gasteiger partial charge in [0.05, 0.1) is 6.10 Å². The number of hydrogen-bond donors (Lipinski definition) is 1. The normalized spacial score (nSPS) is 34.1. The lowest BCUT2D eigenvalue weighted by atomic mass is 9.94. The van der Waals surface area contributed by atoms with E-state index in [2.05, 4.69) is 11.8 Å². The third-order valence-electron chi connectivity index (χ3n) is 4.73. The number of nitrogens with zero attached hydrogens (tertiary/aromatic N) is 1. The Morgan fingerprint density at radius 3 is 2.79 bits per heavy atom. The van der Waals surface area contributed by atoms with Crippen LogP contribution in [0.3, 0.4) is 0 Å². The average molecular weight is 268 g/mol. The van der Waals surface area contributed by atoms with E-state index in [1.807, 2.05) is 0 Å². The van der Waals surface area contributed by atoms with Gasteiger partial charge in [-0.25, -0.2) is 0 Å². The van der Waals surface area contributed by atoms with Crippen LogP contribution in [0.2, 0.25) is 0 Å². The minimum absolute atomic E-state index is 0.430. The summed E-state index contributed by atoms with van der Waals surface area (Å²) in [4.78, 5) is 2.61. The van der Waals surface area contributed by atoms with Gasteiger partial charge in [0.25, 0.3) is 0 Å². The monoisotopic (exact) mass is 268 g/mol. The Morgan fingerprint density at radius 2 is 1.95 bits per heavy atom. The summed E-state index contributed by atoms with van der Waals surface area (Å²) in [6, 6.07) is 0.430. The topological polar surface area (TPSA) is 38.5 Å². The first-order valence-electron chi connectivity index (χ1n) is 8.39. The van der Waals surface area contributed by atoms with Crippen molar-refractivity contribution in [1.82, 2.24) is 4.90 Å². The summed E-state index contributed by atoms with van der Waals surface area (Å²) in [5.74, 6) is 0.715. The van der Waals surface area contributed by atoms with Crippen molar-refractivity contribution in [3.8, 4) is 0 Å². The minimum atomic E-state index is 0.430. The molecular weight excluding hydrogens is 236 g/mol. The first-order chi connectivity index (χ1) is 9.29. The third kappa shape index (κ3) is 5.05. The summed E-state index contributed by atoms with van der Waals surface area (Å²) in [7, 11) is 0. The van der Waals surface area contributed by atoms with Crippen LogP contribution in [0, 0.1) is 5.92 Å². The molecule has 1 aliphatic heterocycles. The molecule has 1 heterocycles. The van der Waals surface area contributed by atoms with Gasteiger partial charge in [-0.3, -0.25) is 0 Å². The van der Waals surface area contributed by atoms with Crippen molar-refractivity contribution in [1.29, 1.82) is 0 Å². The maximum absolute atomic E-state index is 6.35. The van der Waals surface area contributed by atoms with Crippen molar-refractivity contribution in [2.24, 2.45) is 11.7 Å². The molecule has 2 aliphatic rings. The van der Waals surface area contributed by atoms with Gasteiger partial charge >= 0.3 is 0 Å². The Balaban J connectivity index is 1.77. The van der Waals surface area contributed by atoms with Gasteiger partial charge in [-0.05, 0) is 44.6 Å². The molecule has 3 nitrogen and oxygen atoms in total. The highest BCUT2D eigenvalue weighted by molar-refractivity contribution is 4.82. The number of likely N-dealkylation sites (tertiary alicyclic amines) is 1. The Morgan fingerprint density at radius 1 is 1.11 bits per heavy atom. The standard InChI is InChI=1S/C16H32N2O/c1-2-11-19-15-8-6-10-18(13-15)12-14-7-4-3-5-9-16(14)17/h14-16H,2-13,17H2,1H3. The molecule has 0 aromatic carbocycles. The van der Waals surface area contributed by atoms with Crippen molar-refractivity contribution in [2.45, 2.75) is 70.4 Å². The van der Waals surface area contributed by atoms with Gasteiger partial charge in [0.2, 0.25) is 0 Å². The molecule has 2 fully saturated rings. The van der Waals surface area contributed by atoms with E-state index >= 15 is 0 Å². The molecule has 2 rings (SSSR count). The van der Waals surface area contributed by atoms with Crippen LogP contribution in [0.4, 0.5) is 0 Å². The van der Waals surface area contributed by atoms with Gasteiger partial charge < -0.3 is 15.4 Å². The van der Waals surface area contributed by atoms with Gasteiger partial charge in [0.15, 0.2) is 0 Å². The molecule has 2 N–H and O–H groups in total. The van der Waals surface area contributed by atoms with E-state index in [9.17, 15) is 0 Å². The minimum Gasteiger partial charge on any atom is -0.377 e. The van der Waals surface area contributed by atoms with Crippen LogP contribution >= 0.6 is 0 Å². The van der Waals surface area contributed by atoms with Crippen LogP contribution in [-0.4, -0.2) is 43.3 Å². The lowest BCUT2D eigenvalue weighted by Gasteiger charge is -2.36. The van der Waals surface area contributed by atoms with E-state index in [0.29, 0.717) is 18.1 Å². The van der Waals surface area contributed by atoms with E-state index in [-0.39, 0.29) is 0 Å². The molecule has 1 aliphatic carbocycles. The van der Waals surface area contributed by atoms with Gasteiger partial charge in [0.1, 0.15) is 0 Å². The third-order valence-corrected chi connectivity index (χ3v) is 4.73. The van der Waals surface area contributed by atoms with E-state index in [1.54, 1.807) is 0 Å². The lowest BCUT2D eigenvalue weighted by molar-refractivity contribution is -0.00509. The Bertz CT molecular complexity index is 247. The lowest BCUT2D eigenvalue weighted by Crippen LogP contribution is -2.45. The van der Waals surface area contributed by atoms with Crippen molar-refractivity contribution >= 4 is 0 Å². The van der Waals surface area contributed by atoms with Crippen LogP contribution in [0.5, 0.6) is 0 Å². The van der Waals surface area contributed by atoms with Crippen molar-refractivity contribution in [2.75, 3.05) is 26.2 Å². The van der Waals surface area contributed by atoms with Crippen molar-refractivity contribution < 1.29 is 4.74 Å². The predicted molar refractivity (Wildman–Crippen MR) is 80.3 cm³/mol. The zero-order chi connectivity index (χ0) is 13.5. The van der Waals surface area contributed by atoms with Gasteiger partial charge in [-0.15, -0.1) is 0 Å². The average Bonchev–Trinajstić information content (AvgIpc) is 2.62. The van der Waals surface area contributed by atoms with Crippen LogP contribution < -0.4 is 5.73 Å². The quantitative estimate of drug-likeness (QED) is 0.779. The molecule has 0 aromatic rings. The molecule has 3 heteroatoms. The van der Waals surface area contributed by atoms with Crippen LogP contribution in [0.25, 0.3) is 0 Å². The second kappa shape index (κ2) is 8.23. The van der Waals surface area contributed by atoms with Gasteiger partial charge in [0, 0.05) is 25.7 Å². The molecule has 112 valence electrons. The zero-order valence-electron chi connectivity index (χ0n) is 12.7. The van der Waals surface area contributed by atoms with E-state index in [4.69, 9.17) is 10.5 Å². The van der Waals surface area contributed by atoms with Crippen LogP contribution in [0.1, 0.15) is 58.3 Å². The summed E-state index contributed by atoms with van der Waals surface area (Å²) < 4.78 is 5.93. The van der Waals surface area contributed by atoms with Crippen molar-refractivity contribution in [3.05, 3.63) is 0 Å². The fourth-order valence-electron chi connectivity index (χ4n) is 3.57. The summed E-state index contributed by atoms with van der Waals surface area (Å²) in [5, 5.41) is 0. The SMILES string of the molecule is CCCOC1CCCN(CC2CCCCCC2N)C1. The number of nitrogens with two attached hydrogens (primary N) is 1. The van der Waals surface area contributed by atoms with Gasteiger partial charge in [-0.1, -0.05) is 26.2 Å². The Hall–Kier alpha value is -0.120. The van der Waals surface area contributed by atoms with Crippen LogP contribution in [-0.2, 0) is 4.74 Å². The second-order valence-electron chi connectivity index (χ2n) is 6.46. The fourth-order valence-corrected chi connectivity index (χ4v) is 3.57. The maximum atomic E-state index is 6.35. The molecule has 3 unspecified atom stereocenters. The molecular formula is C16H32N2O. The van der Waals surface area contributed by atoms with E-state index in [0.717, 1.165) is 19.6 Å². The fraction of sp³-hybridized carbons (Fsp3) is 1.00.